The average Bonchev–Trinajstić information content (AvgIpc) is 2.93. The molecule has 4 heterocycles. The lowest BCUT2D eigenvalue weighted by Gasteiger charge is -2.40. The maximum absolute atomic E-state index is 13.9. The Morgan fingerprint density at radius 3 is 2.50 bits per heavy atom. The van der Waals surface area contributed by atoms with Crippen LogP contribution in [0.25, 0.3) is 28.1 Å². The van der Waals surface area contributed by atoms with Crippen molar-refractivity contribution in [1.29, 1.82) is 0 Å². The number of nitrogen functional groups attached to an aromatic ring is 1. The summed E-state index contributed by atoms with van der Waals surface area (Å²) in [6, 6.07) is 12.5. The van der Waals surface area contributed by atoms with Crippen molar-refractivity contribution in [2.75, 3.05) is 30.3 Å². The number of nitrogens with zero attached hydrogens (tertiary/aromatic N) is 6. The summed E-state index contributed by atoms with van der Waals surface area (Å²) in [5, 5.41) is 1.19. The maximum atomic E-state index is 13.9. The second kappa shape index (κ2) is 10.9. The lowest BCUT2D eigenvalue weighted by Crippen LogP contribution is -2.54. The number of halogens is 2. The fraction of sp³-hybridized carbons (Fsp3) is 0.276. The number of hydrogen-bond acceptors (Lipinski definition) is 7. The third-order valence-corrected chi connectivity index (χ3v) is 7.67. The van der Waals surface area contributed by atoms with E-state index in [2.05, 4.69) is 30.4 Å². The highest BCUT2D eigenvalue weighted by atomic mass is 35.5. The topological polar surface area (TPSA) is 110 Å². The molecule has 206 valence electrons. The van der Waals surface area contributed by atoms with E-state index in [1.54, 1.807) is 23.1 Å². The summed E-state index contributed by atoms with van der Waals surface area (Å²) in [4.78, 5) is 43.7. The number of benzene rings is 1. The minimum absolute atomic E-state index is 0.130. The van der Waals surface area contributed by atoms with Gasteiger partial charge in [-0.2, -0.15) is 4.98 Å². The molecule has 0 unspecified atom stereocenters. The third kappa shape index (κ3) is 4.91. The molecule has 0 bridgehead atoms. The largest absolute Gasteiger partial charge is 0.384 e. The molecule has 2 N–H and O–H groups in total. The highest BCUT2D eigenvalue weighted by Crippen LogP contribution is 2.36. The Labute approximate surface area is 241 Å². The van der Waals surface area contributed by atoms with Crippen molar-refractivity contribution in [2.24, 2.45) is 0 Å². The van der Waals surface area contributed by atoms with Gasteiger partial charge in [-0.05, 0) is 48.7 Å². The van der Waals surface area contributed by atoms with E-state index in [0.29, 0.717) is 58.6 Å². The Morgan fingerprint density at radius 1 is 1.07 bits per heavy atom. The van der Waals surface area contributed by atoms with Gasteiger partial charge in [0.15, 0.2) is 5.65 Å². The van der Waals surface area contributed by atoms with Gasteiger partial charge in [0, 0.05) is 25.7 Å². The van der Waals surface area contributed by atoms with Crippen molar-refractivity contribution < 1.29 is 4.79 Å². The Kier molecular flexibility index (Phi) is 7.53. The van der Waals surface area contributed by atoms with Gasteiger partial charge in [0.25, 0.3) is 0 Å². The van der Waals surface area contributed by atoms with Crippen LogP contribution < -0.4 is 16.3 Å². The zero-order valence-electron chi connectivity index (χ0n) is 22.4. The number of carbonyl (C=O) groups is 1. The van der Waals surface area contributed by atoms with E-state index in [4.69, 9.17) is 33.9 Å². The van der Waals surface area contributed by atoms with Crippen LogP contribution in [0.5, 0.6) is 0 Å². The zero-order valence-corrected chi connectivity index (χ0v) is 23.9. The van der Waals surface area contributed by atoms with Gasteiger partial charge in [-0.3, -0.25) is 4.79 Å². The lowest BCUT2D eigenvalue weighted by atomic mass is 10.0. The Balaban J connectivity index is 1.80. The second-order valence-corrected chi connectivity index (χ2v) is 10.9. The van der Waals surface area contributed by atoms with Gasteiger partial charge in [-0.1, -0.05) is 61.8 Å². The molecule has 0 spiro atoms. The number of pyridine rings is 2. The minimum Gasteiger partial charge on any atom is -0.384 e. The highest BCUT2D eigenvalue weighted by molar-refractivity contribution is 6.36. The van der Waals surface area contributed by atoms with Gasteiger partial charge < -0.3 is 15.5 Å². The van der Waals surface area contributed by atoms with Gasteiger partial charge in [0.05, 0.1) is 21.1 Å². The number of piperazine rings is 1. The van der Waals surface area contributed by atoms with Gasteiger partial charge in [-0.25, -0.2) is 19.3 Å². The van der Waals surface area contributed by atoms with Crippen molar-refractivity contribution in [3.8, 4) is 17.1 Å². The second-order valence-electron chi connectivity index (χ2n) is 10.1. The van der Waals surface area contributed by atoms with Crippen LogP contribution in [0.4, 0.5) is 11.6 Å². The molecule has 1 aliphatic rings. The molecule has 1 fully saturated rings. The van der Waals surface area contributed by atoms with Crippen molar-refractivity contribution in [3.05, 3.63) is 81.2 Å². The highest BCUT2D eigenvalue weighted by Gasteiger charge is 2.30. The molecule has 0 aliphatic carbocycles. The Bertz CT molecular complexity index is 1700. The van der Waals surface area contributed by atoms with E-state index in [9.17, 15) is 9.59 Å². The first kappa shape index (κ1) is 27.6. The number of nitrogens with two attached hydrogens (primary N) is 1. The first-order valence-corrected chi connectivity index (χ1v) is 13.7. The van der Waals surface area contributed by atoms with Gasteiger partial charge in [0.2, 0.25) is 5.91 Å². The van der Waals surface area contributed by atoms with Crippen LogP contribution in [-0.4, -0.2) is 56.0 Å². The van der Waals surface area contributed by atoms with Gasteiger partial charge in [0.1, 0.15) is 23.0 Å². The maximum Gasteiger partial charge on any atom is 0.355 e. The third-order valence-electron chi connectivity index (χ3n) is 7.08. The summed E-state index contributed by atoms with van der Waals surface area (Å²) in [7, 11) is 0. The van der Waals surface area contributed by atoms with Crippen LogP contribution in [0.15, 0.2) is 59.9 Å². The van der Waals surface area contributed by atoms with Crippen LogP contribution in [0.1, 0.15) is 32.3 Å². The first-order valence-electron chi connectivity index (χ1n) is 12.9. The number of hydrogen-bond donors (Lipinski definition) is 1. The Hall–Kier alpha value is -3.95. The van der Waals surface area contributed by atoms with E-state index >= 15 is 0 Å². The van der Waals surface area contributed by atoms with E-state index in [1.165, 1.54) is 10.6 Å². The van der Waals surface area contributed by atoms with Crippen LogP contribution in [0.3, 0.4) is 0 Å². The van der Waals surface area contributed by atoms with E-state index < -0.39 is 5.69 Å². The zero-order chi connectivity index (χ0) is 28.7. The smallest absolute Gasteiger partial charge is 0.355 e. The molecule has 5 rings (SSSR count). The fourth-order valence-corrected chi connectivity index (χ4v) is 5.55. The summed E-state index contributed by atoms with van der Waals surface area (Å²) >= 11 is 13.3. The minimum atomic E-state index is -0.486. The normalized spacial score (nSPS) is 15.6. The molecule has 40 heavy (non-hydrogen) atoms. The Morgan fingerprint density at radius 2 is 1.80 bits per heavy atom. The van der Waals surface area contributed by atoms with Crippen molar-refractivity contribution in [2.45, 2.75) is 32.7 Å². The molecule has 11 heteroatoms. The summed E-state index contributed by atoms with van der Waals surface area (Å²) in [6.07, 6.45) is 1.31. The molecular formula is C29H29Cl2N7O2. The molecule has 0 saturated carbocycles. The summed E-state index contributed by atoms with van der Waals surface area (Å²) in [5.74, 6) is 0.705. The quantitative estimate of drug-likeness (QED) is 0.329. The number of carbonyl (C=O) groups excluding carboxylic acids is 1. The lowest BCUT2D eigenvalue weighted by molar-refractivity contribution is -0.126. The predicted octanol–water partition coefficient (Wildman–Crippen LogP) is 5.08. The standard InChI is InChI=1S/C29H29Cl2N7O2/c1-5-24(39)36-12-13-37(17(4)15-36)27-19-14-21(31)26(25-20(30)10-11-23(32)33-25)34-28(19)38(29(40)35-27)22-9-7-6-8-18(22)16(2)3/h5-11,14,16-17H,1,12-13,15H2,2-4H3,(H2,32,33)/t17-/m0/s1. The number of anilines is 2. The van der Waals surface area contributed by atoms with Crippen LogP contribution in [0, 0.1) is 0 Å². The molecule has 1 aromatic carbocycles. The molecular weight excluding hydrogens is 549 g/mol. The van der Waals surface area contributed by atoms with E-state index in [1.807, 2.05) is 36.1 Å². The van der Waals surface area contributed by atoms with E-state index in [-0.39, 0.29) is 28.7 Å². The molecule has 1 amide bonds. The number of rotatable bonds is 5. The van der Waals surface area contributed by atoms with Crippen LogP contribution >= 0.6 is 23.2 Å². The van der Waals surface area contributed by atoms with Crippen molar-refractivity contribution in [1.82, 2.24) is 24.4 Å². The molecule has 9 nitrogen and oxygen atoms in total. The predicted molar refractivity (Wildman–Crippen MR) is 160 cm³/mol. The molecule has 1 atom stereocenters. The number of para-hydroxylation sites is 1. The van der Waals surface area contributed by atoms with Crippen molar-refractivity contribution >= 4 is 51.8 Å². The summed E-state index contributed by atoms with van der Waals surface area (Å²) < 4.78 is 1.51. The monoisotopic (exact) mass is 577 g/mol. The number of fused-ring (bicyclic) bond motifs is 1. The summed E-state index contributed by atoms with van der Waals surface area (Å²) in [6.45, 7) is 11.1. The molecule has 1 saturated heterocycles. The van der Waals surface area contributed by atoms with E-state index in [0.717, 1.165) is 5.56 Å². The fourth-order valence-electron chi connectivity index (χ4n) is 5.11. The molecule has 1 aliphatic heterocycles. The average molecular weight is 579 g/mol. The first-order chi connectivity index (χ1) is 19.1. The van der Waals surface area contributed by atoms with Crippen molar-refractivity contribution in [3.63, 3.8) is 0 Å². The molecule has 0 radical (unpaired) electrons. The van der Waals surface area contributed by atoms with Gasteiger partial charge in [-0.15, -0.1) is 0 Å². The van der Waals surface area contributed by atoms with Crippen LogP contribution in [0.2, 0.25) is 10.0 Å². The number of amides is 1. The molecule has 4 aromatic rings. The van der Waals surface area contributed by atoms with Crippen LogP contribution in [-0.2, 0) is 4.79 Å². The number of aromatic nitrogens is 4. The summed E-state index contributed by atoms with van der Waals surface area (Å²) in [5.41, 5.74) is 8.08. The van der Waals surface area contributed by atoms with Gasteiger partial charge >= 0.3 is 5.69 Å². The SMILES string of the molecule is C=CC(=O)N1CCN(c2nc(=O)n(-c3ccccc3C(C)C)c3nc(-c4nc(N)ccc4Cl)c(Cl)cc23)[C@@H](C)C1. The molecule has 3 aromatic heterocycles.